The molecule has 2 aromatic carbocycles. The lowest BCUT2D eigenvalue weighted by Crippen LogP contribution is -2.48. The normalized spacial score (nSPS) is 14.8. The standard InChI is InChI=1S/C19H20ClN3O4/c1-27-16-4-2-3-14(11-16)13-21-7-9-22(10-8-21)19(24)15-5-6-17(20)18(12-15)23(25)26/h2-6,11-12H,7-10,13H2,1H3. The number of nitro benzene ring substituents is 1. The van der Waals surface area contributed by atoms with Crippen molar-refractivity contribution in [3.63, 3.8) is 0 Å². The zero-order valence-electron chi connectivity index (χ0n) is 14.9. The number of ether oxygens (including phenoxy) is 1. The summed E-state index contributed by atoms with van der Waals surface area (Å²) in [4.78, 5) is 27.1. The molecule has 27 heavy (non-hydrogen) atoms. The average Bonchev–Trinajstić information content (AvgIpc) is 2.68. The third-order valence-electron chi connectivity index (χ3n) is 4.59. The highest BCUT2D eigenvalue weighted by Crippen LogP contribution is 2.26. The van der Waals surface area contributed by atoms with Crippen molar-refractivity contribution in [1.82, 2.24) is 9.80 Å². The van der Waals surface area contributed by atoms with Gasteiger partial charge in [0.2, 0.25) is 0 Å². The number of nitrogens with zero attached hydrogens (tertiary/aromatic N) is 3. The minimum absolute atomic E-state index is 0.0275. The molecule has 7 nitrogen and oxygen atoms in total. The molecule has 0 radical (unpaired) electrons. The summed E-state index contributed by atoms with van der Waals surface area (Å²) in [6.07, 6.45) is 0. The second-order valence-corrected chi connectivity index (χ2v) is 6.75. The Morgan fingerprint density at radius 1 is 1.19 bits per heavy atom. The molecule has 3 rings (SSSR count). The van der Waals surface area contributed by atoms with Crippen molar-refractivity contribution < 1.29 is 14.5 Å². The molecule has 142 valence electrons. The zero-order chi connectivity index (χ0) is 19.4. The van der Waals surface area contributed by atoms with Gasteiger partial charge in [0.1, 0.15) is 10.8 Å². The Labute approximate surface area is 162 Å². The molecule has 1 fully saturated rings. The fraction of sp³-hybridized carbons (Fsp3) is 0.316. The van der Waals surface area contributed by atoms with E-state index in [2.05, 4.69) is 4.90 Å². The predicted molar refractivity (Wildman–Crippen MR) is 102 cm³/mol. The van der Waals surface area contributed by atoms with Crippen molar-refractivity contribution in [3.8, 4) is 5.75 Å². The molecule has 1 saturated heterocycles. The smallest absolute Gasteiger partial charge is 0.288 e. The third-order valence-corrected chi connectivity index (χ3v) is 4.91. The zero-order valence-corrected chi connectivity index (χ0v) is 15.7. The minimum atomic E-state index is -0.578. The molecule has 1 aliphatic heterocycles. The van der Waals surface area contributed by atoms with Gasteiger partial charge < -0.3 is 9.64 Å². The van der Waals surface area contributed by atoms with Crippen LogP contribution in [0.15, 0.2) is 42.5 Å². The second-order valence-electron chi connectivity index (χ2n) is 6.34. The summed E-state index contributed by atoms with van der Waals surface area (Å²) in [5.41, 5.74) is 1.19. The van der Waals surface area contributed by atoms with Gasteiger partial charge in [-0.2, -0.15) is 0 Å². The summed E-state index contributed by atoms with van der Waals surface area (Å²) in [5.74, 6) is 0.612. The lowest BCUT2D eigenvalue weighted by molar-refractivity contribution is -0.384. The first-order chi connectivity index (χ1) is 13.0. The number of rotatable bonds is 5. The number of amides is 1. The molecule has 1 heterocycles. The summed E-state index contributed by atoms with van der Waals surface area (Å²) < 4.78 is 5.25. The Bertz CT molecular complexity index is 851. The highest BCUT2D eigenvalue weighted by Gasteiger charge is 2.24. The quantitative estimate of drug-likeness (QED) is 0.579. The predicted octanol–water partition coefficient (Wildman–Crippen LogP) is 3.21. The van der Waals surface area contributed by atoms with Crippen LogP contribution < -0.4 is 4.74 Å². The van der Waals surface area contributed by atoms with Crippen LogP contribution in [0.4, 0.5) is 5.69 Å². The van der Waals surface area contributed by atoms with Crippen LogP contribution in [0.2, 0.25) is 5.02 Å². The maximum atomic E-state index is 12.7. The van der Waals surface area contributed by atoms with Gasteiger partial charge in [-0.15, -0.1) is 0 Å². The van der Waals surface area contributed by atoms with Gasteiger partial charge in [0.05, 0.1) is 12.0 Å². The van der Waals surface area contributed by atoms with E-state index in [0.717, 1.165) is 30.9 Å². The molecule has 0 unspecified atom stereocenters. The summed E-state index contributed by atoms with van der Waals surface area (Å²) in [6.45, 7) is 3.39. The van der Waals surface area contributed by atoms with Gasteiger partial charge in [-0.05, 0) is 29.8 Å². The molecule has 0 aromatic heterocycles. The largest absolute Gasteiger partial charge is 0.497 e. The SMILES string of the molecule is COc1cccc(CN2CCN(C(=O)c3ccc(Cl)c([N+](=O)[O-])c3)CC2)c1. The van der Waals surface area contributed by atoms with Crippen LogP contribution in [0.25, 0.3) is 0 Å². The molecule has 0 atom stereocenters. The Hall–Kier alpha value is -2.64. The van der Waals surface area contributed by atoms with E-state index < -0.39 is 4.92 Å². The minimum Gasteiger partial charge on any atom is -0.497 e. The number of hydrogen-bond donors (Lipinski definition) is 0. The first kappa shape index (κ1) is 19.1. The monoisotopic (exact) mass is 389 g/mol. The molecule has 1 aliphatic rings. The molecule has 0 aliphatic carbocycles. The molecular weight excluding hydrogens is 370 g/mol. The second kappa shape index (κ2) is 8.37. The van der Waals surface area contributed by atoms with E-state index in [1.54, 1.807) is 12.0 Å². The fourth-order valence-corrected chi connectivity index (χ4v) is 3.29. The maximum Gasteiger partial charge on any atom is 0.288 e. The summed E-state index contributed by atoms with van der Waals surface area (Å²) in [5, 5.41) is 11.0. The number of nitro groups is 1. The molecule has 0 saturated carbocycles. The van der Waals surface area contributed by atoms with E-state index in [9.17, 15) is 14.9 Å². The summed E-state index contributed by atoms with van der Waals surface area (Å²) >= 11 is 5.82. The van der Waals surface area contributed by atoms with Gasteiger partial charge >= 0.3 is 0 Å². The van der Waals surface area contributed by atoms with Crippen LogP contribution in [0.1, 0.15) is 15.9 Å². The number of carbonyl (C=O) groups excluding carboxylic acids is 1. The first-order valence-corrected chi connectivity index (χ1v) is 8.94. The molecule has 0 spiro atoms. The number of methoxy groups -OCH3 is 1. The number of halogens is 1. The number of benzene rings is 2. The van der Waals surface area contributed by atoms with Gasteiger partial charge in [-0.1, -0.05) is 23.7 Å². The van der Waals surface area contributed by atoms with Crippen molar-refractivity contribution in [2.75, 3.05) is 33.3 Å². The van der Waals surface area contributed by atoms with Crippen LogP contribution in [0.5, 0.6) is 5.75 Å². The molecule has 0 bridgehead atoms. The van der Waals surface area contributed by atoms with Crippen LogP contribution >= 0.6 is 11.6 Å². The van der Waals surface area contributed by atoms with Crippen molar-refractivity contribution in [2.45, 2.75) is 6.54 Å². The van der Waals surface area contributed by atoms with Gasteiger partial charge in [0.25, 0.3) is 11.6 Å². The van der Waals surface area contributed by atoms with Crippen LogP contribution in [0, 0.1) is 10.1 Å². The van der Waals surface area contributed by atoms with Crippen LogP contribution in [0.3, 0.4) is 0 Å². The maximum absolute atomic E-state index is 12.7. The van der Waals surface area contributed by atoms with E-state index in [0.29, 0.717) is 13.1 Å². The van der Waals surface area contributed by atoms with Crippen molar-refractivity contribution in [3.05, 3.63) is 68.7 Å². The highest BCUT2D eigenvalue weighted by molar-refractivity contribution is 6.32. The number of piperazine rings is 1. The van der Waals surface area contributed by atoms with E-state index in [-0.39, 0.29) is 22.2 Å². The number of hydrogen-bond acceptors (Lipinski definition) is 5. The highest BCUT2D eigenvalue weighted by atomic mass is 35.5. The fourth-order valence-electron chi connectivity index (χ4n) is 3.11. The van der Waals surface area contributed by atoms with Crippen LogP contribution in [-0.4, -0.2) is 53.9 Å². The van der Waals surface area contributed by atoms with Gasteiger partial charge in [-0.3, -0.25) is 19.8 Å². The average molecular weight is 390 g/mol. The lowest BCUT2D eigenvalue weighted by Gasteiger charge is -2.34. The van der Waals surface area contributed by atoms with Gasteiger partial charge in [0.15, 0.2) is 0 Å². The number of carbonyl (C=O) groups is 1. The van der Waals surface area contributed by atoms with Crippen molar-refractivity contribution >= 4 is 23.2 Å². The Balaban J connectivity index is 1.61. The topological polar surface area (TPSA) is 75.9 Å². The first-order valence-electron chi connectivity index (χ1n) is 8.56. The lowest BCUT2D eigenvalue weighted by atomic mass is 10.1. The molecule has 2 aromatic rings. The van der Waals surface area contributed by atoms with Gasteiger partial charge in [-0.25, -0.2) is 0 Å². The van der Waals surface area contributed by atoms with Crippen LogP contribution in [-0.2, 0) is 6.54 Å². The van der Waals surface area contributed by atoms with Crippen molar-refractivity contribution in [2.24, 2.45) is 0 Å². The molecule has 8 heteroatoms. The van der Waals surface area contributed by atoms with E-state index >= 15 is 0 Å². The summed E-state index contributed by atoms with van der Waals surface area (Å²) in [7, 11) is 1.64. The van der Waals surface area contributed by atoms with Gasteiger partial charge in [0, 0.05) is 44.4 Å². The Morgan fingerprint density at radius 2 is 1.93 bits per heavy atom. The molecule has 1 amide bonds. The van der Waals surface area contributed by atoms with E-state index in [1.807, 2.05) is 24.3 Å². The third kappa shape index (κ3) is 4.56. The Morgan fingerprint density at radius 3 is 2.59 bits per heavy atom. The van der Waals surface area contributed by atoms with Crippen molar-refractivity contribution in [1.29, 1.82) is 0 Å². The van der Waals surface area contributed by atoms with E-state index in [1.165, 1.54) is 18.2 Å². The summed E-state index contributed by atoms with van der Waals surface area (Å²) in [6, 6.07) is 12.1. The molecular formula is C19H20ClN3O4. The van der Waals surface area contributed by atoms with E-state index in [4.69, 9.17) is 16.3 Å². The Kier molecular flexibility index (Phi) is 5.93. The molecule has 0 N–H and O–H groups in total.